The maximum Gasteiger partial charge on any atom is 0.451 e. The summed E-state index contributed by atoms with van der Waals surface area (Å²) in [5, 5.41) is 8.43. The lowest BCUT2D eigenvalue weighted by molar-refractivity contribution is -0.145. The molecule has 0 atom stereocenters. The summed E-state index contributed by atoms with van der Waals surface area (Å²) in [5.74, 6) is -1.35. The van der Waals surface area contributed by atoms with Crippen LogP contribution in [0.3, 0.4) is 0 Å². The molecule has 8 heteroatoms. The molecule has 1 aromatic carbocycles. The van der Waals surface area contributed by atoms with Crippen LogP contribution in [-0.2, 0) is 12.6 Å². The third-order valence-corrected chi connectivity index (χ3v) is 2.66. The van der Waals surface area contributed by atoms with Gasteiger partial charge in [-0.25, -0.2) is 4.98 Å². The van der Waals surface area contributed by atoms with Crippen molar-refractivity contribution in [2.45, 2.75) is 12.6 Å². The van der Waals surface area contributed by atoms with Gasteiger partial charge in [-0.1, -0.05) is 23.7 Å². The lowest BCUT2D eigenvalue weighted by Gasteiger charge is -2.09. The second kappa shape index (κ2) is 6.28. The average molecular weight is 319 g/mol. The van der Waals surface area contributed by atoms with E-state index >= 15 is 0 Å². The van der Waals surface area contributed by atoms with E-state index in [-0.39, 0.29) is 17.6 Å². The second-order valence-electron chi connectivity index (χ2n) is 4.07. The molecule has 0 unspecified atom stereocenters. The number of hydrogen-bond acceptors (Lipinski definition) is 4. The van der Waals surface area contributed by atoms with Gasteiger partial charge in [0.15, 0.2) is 0 Å². The Morgan fingerprint density at radius 2 is 1.81 bits per heavy atom. The fourth-order valence-electron chi connectivity index (χ4n) is 1.55. The molecule has 4 nitrogen and oxygen atoms in total. The van der Waals surface area contributed by atoms with Crippen molar-refractivity contribution in [3.05, 3.63) is 46.9 Å². The third-order valence-electron chi connectivity index (χ3n) is 2.47. The maximum atomic E-state index is 12.6. The Morgan fingerprint density at radius 1 is 1.14 bits per heavy atom. The van der Waals surface area contributed by atoms with Crippen LogP contribution in [0.15, 0.2) is 30.3 Å². The van der Waals surface area contributed by atoms with Crippen LogP contribution in [0, 0.1) is 0 Å². The van der Waals surface area contributed by atoms with Gasteiger partial charge in [0.1, 0.15) is 10.9 Å². The number of rotatable bonds is 4. The molecular formula is C13H10ClF3N2O2. The van der Waals surface area contributed by atoms with E-state index < -0.39 is 12.0 Å². The molecule has 2 aromatic rings. The highest BCUT2D eigenvalue weighted by Crippen LogP contribution is 2.30. The SMILES string of the molecule is OCCc1ccc(Oc2cc(Cl)nc(C(F)(F)F)n2)cc1. The number of alkyl halides is 3. The number of benzene rings is 1. The number of halogens is 4. The van der Waals surface area contributed by atoms with E-state index in [2.05, 4.69) is 9.97 Å². The minimum absolute atomic E-state index is 0.0106. The molecule has 1 heterocycles. The third kappa shape index (κ3) is 4.30. The van der Waals surface area contributed by atoms with E-state index in [4.69, 9.17) is 21.4 Å². The van der Waals surface area contributed by atoms with Crippen molar-refractivity contribution in [1.82, 2.24) is 9.97 Å². The highest BCUT2D eigenvalue weighted by molar-refractivity contribution is 6.29. The number of aliphatic hydroxyl groups excluding tert-OH is 1. The molecular weight excluding hydrogens is 309 g/mol. The molecule has 0 spiro atoms. The molecule has 0 amide bonds. The van der Waals surface area contributed by atoms with Crippen LogP contribution >= 0.6 is 11.6 Å². The zero-order chi connectivity index (χ0) is 15.5. The van der Waals surface area contributed by atoms with E-state index in [1.165, 1.54) is 0 Å². The zero-order valence-electron chi connectivity index (χ0n) is 10.6. The molecule has 0 fully saturated rings. The summed E-state index contributed by atoms with van der Waals surface area (Å²) in [7, 11) is 0. The topological polar surface area (TPSA) is 55.2 Å². The van der Waals surface area contributed by atoms with Crippen LogP contribution in [0.4, 0.5) is 13.2 Å². The second-order valence-corrected chi connectivity index (χ2v) is 4.46. The summed E-state index contributed by atoms with van der Waals surface area (Å²) < 4.78 is 42.9. The summed E-state index contributed by atoms with van der Waals surface area (Å²) >= 11 is 5.53. The highest BCUT2D eigenvalue weighted by Gasteiger charge is 2.35. The van der Waals surface area contributed by atoms with Gasteiger partial charge in [0.25, 0.3) is 0 Å². The molecule has 0 radical (unpaired) electrons. The van der Waals surface area contributed by atoms with Gasteiger partial charge < -0.3 is 9.84 Å². The summed E-state index contributed by atoms with van der Waals surface area (Å²) in [6.45, 7) is 0.0106. The Hall–Kier alpha value is -1.86. The van der Waals surface area contributed by atoms with Crippen LogP contribution in [0.1, 0.15) is 11.4 Å². The lowest BCUT2D eigenvalue weighted by Crippen LogP contribution is -2.11. The smallest absolute Gasteiger partial charge is 0.439 e. The molecule has 0 bridgehead atoms. The zero-order valence-corrected chi connectivity index (χ0v) is 11.3. The fraction of sp³-hybridized carbons (Fsp3) is 0.231. The number of hydrogen-bond donors (Lipinski definition) is 1. The maximum absolute atomic E-state index is 12.6. The van der Waals surface area contributed by atoms with Crippen molar-refractivity contribution < 1.29 is 23.0 Å². The normalized spacial score (nSPS) is 11.5. The van der Waals surface area contributed by atoms with Crippen LogP contribution in [-0.4, -0.2) is 21.7 Å². The van der Waals surface area contributed by atoms with Crippen LogP contribution in [0.5, 0.6) is 11.6 Å². The fourth-order valence-corrected chi connectivity index (χ4v) is 1.72. The lowest BCUT2D eigenvalue weighted by atomic mass is 10.1. The summed E-state index contributed by atoms with van der Waals surface area (Å²) in [4.78, 5) is 6.38. The summed E-state index contributed by atoms with van der Waals surface area (Å²) in [5.41, 5.74) is 0.876. The number of aliphatic hydroxyl groups is 1. The largest absolute Gasteiger partial charge is 0.451 e. The van der Waals surface area contributed by atoms with Gasteiger partial charge in [-0.3, -0.25) is 0 Å². The molecule has 0 saturated carbocycles. The Kier molecular flexibility index (Phi) is 4.64. The molecule has 0 aliphatic rings. The van der Waals surface area contributed by atoms with Gasteiger partial charge in [0.2, 0.25) is 11.7 Å². The van der Waals surface area contributed by atoms with Crippen LogP contribution in [0.2, 0.25) is 5.15 Å². The van der Waals surface area contributed by atoms with Gasteiger partial charge in [-0.05, 0) is 24.1 Å². The minimum Gasteiger partial charge on any atom is -0.439 e. The first-order chi connectivity index (χ1) is 9.88. The molecule has 2 rings (SSSR count). The van der Waals surface area contributed by atoms with Crippen LogP contribution < -0.4 is 4.74 Å². The summed E-state index contributed by atoms with van der Waals surface area (Å²) in [6, 6.07) is 7.61. The summed E-state index contributed by atoms with van der Waals surface area (Å²) in [6.07, 6.45) is -4.22. The minimum atomic E-state index is -4.70. The van der Waals surface area contributed by atoms with E-state index in [9.17, 15) is 13.2 Å². The monoisotopic (exact) mass is 318 g/mol. The van der Waals surface area contributed by atoms with Gasteiger partial charge >= 0.3 is 6.18 Å². The molecule has 1 N–H and O–H groups in total. The predicted molar refractivity (Wildman–Crippen MR) is 69.3 cm³/mol. The van der Waals surface area contributed by atoms with Crippen molar-refractivity contribution in [3.8, 4) is 11.6 Å². The number of nitrogens with zero attached hydrogens (tertiary/aromatic N) is 2. The van der Waals surface area contributed by atoms with Gasteiger partial charge in [0, 0.05) is 12.7 Å². The molecule has 0 aliphatic carbocycles. The Morgan fingerprint density at radius 3 is 2.38 bits per heavy atom. The van der Waals surface area contributed by atoms with Crippen molar-refractivity contribution >= 4 is 11.6 Å². The number of ether oxygens (including phenoxy) is 1. The molecule has 21 heavy (non-hydrogen) atoms. The first-order valence-corrected chi connectivity index (χ1v) is 6.26. The first-order valence-electron chi connectivity index (χ1n) is 5.88. The van der Waals surface area contributed by atoms with Crippen molar-refractivity contribution in [2.24, 2.45) is 0 Å². The van der Waals surface area contributed by atoms with Gasteiger partial charge in [-0.2, -0.15) is 18.2 Å². The highest BCUT2D eigenvalue weighted by atomic mass is 35.5. The quantitative estimate of drug-likeness (QED) is 0.877. The molecule has 0 saturated heterocycles. The van der Waals surface area contributed by atoms with E-state index in [1.54, 1.807) is 24.3 Å². The van der Waals surface area contributed by atoms with E-state index in [1.807, 2.05) is 0 Å². The van der Waals surface area contributed by atoms with E-state index in [0.29, 0.717) is 12.2 Å². The molecule has 1 aromatic heterocycles. The molecule has 112 valence electrons. The van der Waals surface area contributed by atoms with Crippen molar-refractivity contribution in [3.63, 3.8) is 0 Å². The Balaban J connectivity index is 2.21. The van der Waals surface area contributed by atoms with Gasteiger partial charge in [0.05, 0.1) is 0 Å². The first kappa shape index (κ1) is 15.5. The molecule has 0 aliphatic heterocycles. The standard InChI is InChI=1S/C13H10ClF3N2O2/c14-10-7-11(19-12(18-10)13(15,16)17)21-9-3-1-8(2-4-9)5-6-20/h1-4,7,20H,5-6H2. The average Bonchev–Trinajstić information content (AvgIpc) is 2.40. The van der Waals surface area contributed by atoms with Gasteiger partial charge in [-0.15, -0.1) is 0 Å². The van der Waals surface area contributed by atoms with E-state index in [0.717, 1.165) is 11.6 Å². The van der Waals surface area contributed by atoms with Crippen molar-refractivity contribution in [2.75, 3.05) is 6.61 Å². The predicted octanol–water partition coefficient (Wildman–Crippen LogP) is 3.48. The number of aromatic nitrogens is 2. The van der Waals surface area contributed by atoms with Crippen molar-refractivity contribution in [1.29, 1.82) is 0 Å². The Labute approximate surface area is 123 Å². The Bertz CT molecular complexity index is 618. The van der Waals surface area contributed by atoms with Crippen LogP contribution in [0.25, 0.3) is 0 Å².